The number of rotatable bonds is 6. The van der Waals surface area contributed by atoms with Crippen LogP contribution < -0.4 is 15.7 Å². The van der Waals surface area contributed by atoms with Crippen molar-refractivity contribution in [2.45, 2.75) is 25.6 Å². The summed E-state index contributed by atoms with van der Waals surface area (Å²) in [6, 6.07) is 14.8. The van der Waals surface area contributed by atoms with E-state index in [0.29, 0.717) is 23.0 Å². The number of alkyl halides is 3. The van der Waals surface area contributed by atoms with E-state index in [-0.39, 0.29) is 5.56 Å². The van der Waals surface area contributed by atoms with Crippen LogP contribution in [0.3, 0.4) is 0 Å². The van der Waals surface area contributed by atoms with Gasteiger partial charge in [-0.1, -0.05) is 30.3 Å². The first-order valence-electron chi connectivity index (χ1n) is 10.8. The topological polar surface area (TPSA) is 96.7 Å². The van der Waals surface area contributed by atoms with E-state index in [0.717, 1.165) is 39.0 Å². The van der Waals surface area contributed by atoms with Gasteiger partial charge >= 0.3 is 12.1 Å². The molecule has 2 heterocycles. The van der Waals surface area contributed by atoms with Gasteiger partial charge in [0.15, 0.2) is 5.58 Å². The van der Waals surface area contributed by atoms with E-state index in [1.165, 1.54) is 29.2 Å². The zero-order valence-corrected chi connectivity index (χ0v) is 18.1. The third-order valence-electron chi connectivity index (χ3n) is 5.60. The number of carbonyl (C=O) groups is 2. The number of anilines is 1. The van der Waals surface area contributed by atoms with Crippen LogP contribution in [-0.4, -0.2) is 42.7 Å². The monoisotopic (exact) mass is 476 g/mol. The average molecular weight is 476 g/mol. The lowest BCUT2D eigenvalue weighted by atomic mass is 9.97. The van der Waals surface area contributed by atoms with Gasteiger partial charge in [-0.25, -0.2) is 4.79 Å². The largest absolute Gasteiger partial charge is 0.493 e. The highest BCUT2D eigenvalue weighted by atomic mass is 19.4. The zero-order chi connectivity index (χ0) is 24.1. The maximum absolute atomic E-state index is 12.2. The first-order valence-corrected chi connectivity index (χ1v) is 10.8. The number of nitrogens with zero attached hydrogens (tertiary/aromatic N) is 2. The summed E-state index contributed by atoms with van der Waals surface area (Å²) in [6.45, 7) is 3.29. The van der Waals surface area contributed by atoms with Crippen molar-refractivity contribution < 1.29 is 32.0 Å². The molecule has 2 aromatic carbocycles. The SMILES string of the molecule is O=C(NOC(=O)C(F)(F)F)c1ccc2oc(N3CCC(CNCc4ccccc4)CC3)nc2c1. The van der Waals surface area contributed by atoms with Crippen LogP contribution >= 0.6 is 0 Å². The summed E-state index contributed by atoms with van der Waals surface area (Å²) in [6.07, 6.45) is -3.26. The molecule has 0 atom stereocenters. The second kappa shape index (κ2) is 10.1. The highest BCUT2D eigenvalue weighted by molar-refractivity contribution is 5.97. The predicted octanol–water partition coefficient (Wildman–Crippen LogP) is 3.58. The Morgan fingerprint density at radius 1 is 1.12 bits per heavy atom. The number of piperidine rings is 1. The fourth-order valence-corrected chi connectivity index (χ4v) is 3.75. The van der Waals surface area contributed by atoms with E-state index in [1.54, 1.807) is 0 Å². The number of hydrogen-bond donors (Lipinski definition) is 2. The van der Waals surface area contributed by atoms with Crippen LogP contribution in [0.2, 0.25) is 0 Å². The molecule has 0 unspecified atom stereocenters. The molecule has 1 aliphatic rings. The van der Waals surface area contributed by atoms with E-state index < -0.39 is 18.1 Å². The highest BCUT2D eigenvalue weighted by Crippen LogP contribution is 2.27. The molecule has 180 valence electrons. The number of carbonyl (C=O) groups excluding carboxylic acids is 2. The van der Waals surface area contributed by atoms with Crippen molar-refractivity contribution in [2.24, 2.45) is 5.92 Å². The number of amides is 1. The smallest absolute Gasteiger partial charge is 0.423 e. The molecule has 11 heteroatoms. The van der Waals surface area contributed by atoms with Crippen LogP contribution in [0.25, 0.3) is 11.1 Å². The number of oxazole rings is 1. The molecule has 0 saturated carbocycles. The Hall–Kier alpha value is -3.60. The lowest BCUT2D eigenvalue weighted by Crippen LogP contribution is -2.37. The van der Waals surface area contributed by atoms with E-state index in [1.807, 2.05) is 23.1 Å². The molecule has 3 aromatic rings. The molecule has 0 aliphatic carbocycles. The number of benzene rings is 2. The van der Waals surface area contributed by atoms with Crippen molar-refractivity contribution in [1.82, 2.24) is 15.8 Å². The van der Waals surface area contributed by atoms with Gasteiger partial charge in [0.25, 0.3) is 11.9 Å². The third kappa shape index (κ3) is 5.84. The molecule has 1 fully saturated rings. The Kier molecular flexibility index (Phi) is 7.01. The van der Waals surface area contributed by atoms with Gasteiger partial charge in [-0.15, -0.1) is 0 Å². The predicted molar refractivity (Wildman–Crippen MR) is 117 cm³/mol. The maximum atomic E-state index is 12.2. The van der Waals surface area contributed by atoms with Crippen molar-refractivity contribution in [3.8, 4) is 0 Å². The van der Waals surface area contributed by atoms with Crippen molar-refractivity contribution in [1.29, 1.82) is 0 Å². The van der Waals surface area contributed by atoms with Gasteiger partial charge in [0.1, 0.15) is 5.52 Å². The molecule has 1 amide bonds. The minimum absolute atomic E-state index is 0.0227. The Morgan fingerprint density at radius 2 is 1.85 bits per heavy atom. The molecule has 1 aromatic heterocycles. The first kappa shape index (κ1) is 23.6. The number of nitrogens with one attached hydrogen (secondary N) is 2. The van der Waals surface area contributed by atoms with Gasteiger partial charge in [-0.2, -0.15) is 23.6 Å². The van der Waals surface area contributed by atoms with Crippen LogP contribution in [0, 0.1) is 5.92 Å². The van der Waals surface area contributed by atoms with Gasteiger partial charge < -0.3 is 19.5 Å². The van der Waals surface area contributed by atoms with Crippen LogP contribution in [0.1, 0.15) is 28.8 Å². The van der Waals surface area contributed by atoms with Crippen LogP contribution in [0.5, 0.6) is 0 Å². The minimum Gasteiger partial charge on any atom is -0.423 e. The Balaban J connectivity index is 1.29. The van der Waals surface area contributed by atoms with Crippen molar-refractivity contribution in [3.05, 3.63) is 59.7 Å². The zero-order valence-electron chi connectivity index (χ0n) is 18.1. The summed E-state index contributed by atoms with van der Waals surface area (Å²) in [5.41, 5.74) is 3.52. The number of hydroxylamine groups is 1. The molecule has 8 nitrogen and oxygen atoms in total. The Morgan fingerprint density at radius 3 is 2.56 bits per heavy atom. The molecule has 4 rings (SSSR count). The second-order valence-corrected chi connectivity index (χ2v) is 8.04. The van der Waals surface area contributed by atoms with E-state index in [9.17, 15) is 22.8 Å². The number of fused-ring (bicyclic) bond motifs is 1. The molecular weight excluding hydrogens is 453 g/mol. The fraction of sp³-hybridized carbons (Fsp3) is 0.348. The third-order valence-corrected chi connectivity index (χ3v) is 5.60. The van der Waals surface area contributed by atoms with Gasteiger partial charge in [0, 0.05) is 25.2 Å². The lowest BCUT2D eigenvalue weighted by Gasteiger charge is -2.31. The van der Waals surface area contributed by atoms with Gasteiger partial charge in [-0.3, -0.25) is 4.79 Å². The molecule has 1 saturated heterocycles. The summed E-state index contributed by atoms with van der Waals surface area (Å²) in [7, 11) is 0. The van der Waals surface area contributed by atoms with Crippen molar-refractivity contribution >= 4 is 29.0 Å². The summed E-state index contributed by atoms with van der Waals surface area (Å²) in [4.78, 5) is 33.0. The van der Waals surface area contributed by atoms with E-state index in [2.05, 4.69) is 27.3 Å². The molecular formula is C23H23F3N4O4. The van der Waals surface area contributed by atoms with Crippen molar-refractivity contribution in [3.63, 3.8) is 0 Å². The van der Waals surface area contributed by atoms with E-state index in [4.69, 9.17) is 4.42 Å². The highest BCUT2D eigenvalue weighted by Gasteiger charge is 2.42. The summed E-state index contributed by atoms with van der Waals surface area (Å²) in [5.74, 6) is -2.98. The molecule has 0 bridgehead atoms. The number of halogens is 3. The molecule has 0 radical (unpaired) electrons. The minimum atomic E-state index is -5.20. The average Bonchev–Trinajstić information content (AvgIpc) is 3.26. The van der Waals surface area contributed by atoms with Crippen molar-refractivity contribution in [2.75, 3.05) is 24.5 Å². The quantitative estimate of drug-likeness (QED) is 0.525. The molecule has 2 N–H and O–H groups in total. The summed E-state index contributed by atoms with van der Waals surface area (Å²) < 4.78 is 42.4. The number of aromatic nitrogens is 1. The summed E-state index contributed by atoms with van der Waals surface area (Å²) in [5, 5.41) is 3.50. The van der Waals surface area contributed by atoms with Gasteiger partial charge in [0.05, 0.1) is 0 Å². The normalized spacial score (nSPS) is 14.9. The van der Waals surface area contributed by atoms with E-state index >= 15 is 0 Å². The standard InChI is InChI=1S/C23H23F3N4O4/c24-23(25,26)21(32)34-29-20(31)17-6-7-19-18(12-17)28-22(33-19)30-10-8-16(9-11-30)14-27-13-15-4-2-1-3-5-15/h1-7,12,16,27H,8-11,13-14H2,(H,29,31). The van der Waals surface area contributed by atoms with Gasteiger partial charge in [0.2, 0.25) is 0 Å². The Labute approximate surface area is 193 Å². The molecule has 0 spiro atoms. The molecule has 1 aliphatic heterocycles. The Bertz CT molecular complexity index is 1140. The van der Waals surface area contributed by atoms with Gasteiger partial charge in [-0.05, 0) is 49.1 Å². The fourth-order valence-electron chi connectivity index (χ4n) is 3.75. The lowest BCUT2D eigenvalue weighted by molar-refractivity contribution is -0.204. The van der Waals surface area contributed by atoms with Crippen LogP contribution in [0.4, 0.5) is 19.2 Å². The van der Waals surface area contributed by atoms with Crippen LogP contribution in [-0.2, 0) is 16.2 Å². The first-order chi connectivity index (χ1) is 16.3. The second-order valence-electron chi connectivity index (χ2n) is 8.04. The van der Waals surface area contributed by atoms with Crippen LogP contribution in [0.15, 0.2) is 52.9 Å². The maximum Gasteiger partial charge on any atom is 0.493 e. The number of hydrogen-bond acceptors (Lipinski definition) is 7. The summed E-state index contributed by atoms with van der Waals surface area (Å²) >= 11 is 0. The molecule has 34 heavy (non-hydrogen) atoms.